The molecule has 0 bridgehead atoms. The van der Waals surface area contributed by atoms with E-state index in [4.69, 9.17) is 28.4 Å². The van der Waals surface area contributed by atoms with Crippen LogP contribution >= 0.6 is 0 Å². The zero-order valence-corrected chi connectivity index (χ0v) is 22.3. The van der Waals surface area contributed by atoms with Crippen molar-refractivity contribution in [2.75, 3.05) is 40.4 Å². The van der Waals surface area contributed by atoms with E-state index in [0.717, 1.165) is 41.8 Å². The van der Waals surface area contributed by atoms with E-state index < -0.39 is 0 Å². The Morgan fingerprint density at radius 3 is 1.86 bits per heavy atom. The predicted molar refractivity (Wildman–Crippen MR) is 144 cm³/mol. The highest BCUT2D eigenvalue weighted by atomic mass is 16.5. The van der Waals surface area contributed by atoms with Gasteiger partial charge in [-0.1, -0.05) is 37.3 Å². The van der Waals surface area contributed by atoms with Gasteiger partial charge in [0, 0.05) is 6.54 Å². The quantitative estimate of drug-likeness (QED) is 0.292. The van der Waals surface area contributed by atoms with E-state index >= 15 is 0 Å². The molecule has 1 heterocycles. The number of ether oxygens (including phenoxy) is 6. The van der Waals surface area contributed by atoms with Crippen LogP contribution < -0.4 is 29.0 Å². The SMILES string of the molecule is CCCOc1c(NCc2ccccc2)cc([C@@H]2CC[C@@H](c3cc(OC)c(OC)c(OC)c3)O2)cc1OC. The number of anilines is 1. The first-order chi connectivity index (χ1) is 18.1. The summed E-state index contributed by atoms with van der Waals surface area (Å²) < 4.78 is 35.0. The minimum atomic E-state index is -0.0959. The molecule has 0 saturated carbocycles. The summed E-state index contributed by atoms with van der Waals surface area (Å²) in [6.45, 7) is 3.38. The molecule has 7 nitrogen and oxygen atoms in total. The van der Waals surface area contributed by atoms with Crippen LogP contribution in [0.4, 0.5) is 5.69 Å². The third-order valence-corrected chi connectivity index (χ3v) is 6.52. The summed E-state index contributed by atoms with van der Waals surface area (Å²) in [5.41, 5.74) is 4.12. The van der Waals surface area contributed by atoms with Crippen LogP contribution in [0.2, 0.25) is 0 Å². The molecule has 0 aliphatic carbocycles. The Morgan fingerprint density at radius 1 is 0.757 bits per heavy atom. The molecule has 3 aromatic carbocycles. The van der Waals surface area contributed by atoms with Crippen molar-refractivity contribution in [2.24, 2.45) is 0 Å². The summed E-state index contributed by atoms with van der Waals surface area (Å²) >= 11 is 0. The number of rotatable bonds is 12. The van der Waals surface area contributed by atoms with Gasteiger partial charge >= 0.3 is 0 Å². The fraction of sp³-hybridized carbons (Fsp3) is 0.400. The molecule has 0 spiro atoms. The molecule has 4 rings (SSSR count). The van der Waals surface area contributed by atoms with Crippen LogP contribution in [0.25, 0.3) is 0 Å². The lowest BCUT2D eigenvalue weighted by molar-refractivity contribution is 0.0437. The van der Waals surface area contributed by atoms with Crippen LogP contribution in [0, 0.1) is 0 Å². The average Bonchev–Trinajstić information content (AvgIpc) is 3.45. The van der Waals surface area contributed by atoms with Gasteiger partial charge < -0.3 is 33.7 Å². The van der Waals surface area contributed by atoms with Gasteiger partial charge in [-0.15, -0.1) is 0 Å². The van der Waals surface area contributed by atoms with Crippen molar-refractivity contribution < 1.29 is 28.4 Å². The van der Waals surface area contributed by atoms with Crippen molar-refractivity contribution in [2.45, 2.75) is 44.9 Å². The second kappa shape index (κ2) is 12.6. The molecular formula is C30H37NO6. The van der Waals surface area contributed by atoms with Gasteiger partial charge in [0.25, 0.3) is 0 Å². The second-order valence-electron chi connectivity index (χ2n) is 8.94. The molecule has 198 valence electrons. The normalized spacial score (nSPS) is 16.8. The van der Waals surface area contributed by atoms with Crippen LogP contribution in [-0.4, -0.2) is 35.0 Å². The van der Waals surface area contributed by atoms with Gasteiger partial charge in [-0.2, -0.15) is 0 Å². The minimum absolute atomic E-state index is 0.0875. The van der Waals surface area contributed by atoms with Gasteiger partial charge in [-0.25, -0.2) is 0 Å². The van der Waals surface area contributed by atoms with Crippen LogP contribution in [0.15, 0.2) is 54.6 Å². The highest BCUT2D eigenvalue weighted by Gasteiger charge is 2.31. The van der Waals surface area contributed by atoms with Crippen molar-refractivity contribution in [3.8, 4) is 28.7 Å². The molecule has 1 N–H and O–H groups in total. The van der Waals surface area contributed by atoms with E-state index in [1.54, 1.807) is 28.4 Å². The Hall–Kier alpha value is -3.58. The molecule has 0 unspecified atom stereocenters. The number of hydrogen-bond acceptors (Lipinski definition) is 7. The molecule has 37 heavy (non-hydrogen) atoms. The Bertz CT molecular complexity index is 1140. The van der Waals surface area contributed by atoms with Gasteiger partial charge in [0.05, 0.1) is 52.9 Å². The Morgan fingerprint density at radius 2 is 1.32 bits per heavy atom. The fourth-order valence-corrected chi connectivity index (χ4v) is 4.65. The number of benzene rings is 3. The molecule has 2 atom stereocenters. The summed E-state index contributed by atoms with van der Waals surface area (Å²) in [5, 5.41) is 3.56. The summed E-state index contributed by atoms with van der Waals surface area (Å²) in [4.78, 5) is 0. The zero-order valence-electron chi connectivity index (χ0n) is 22.3. The molecule has 0 amide bonds. The van der Waals surface area contributed by atoms with Gasteiger partial charge in [0.15, 0.2) is 23.0 Å². The standard InChI is InChI=1S/C30H37NO6/c1-6-14-36-29-23(31-19-20-10-8-7-9-11-20)15-21(16-26(29)32-2)24-12-13-25(37-24)22-17-27(33-3)30(35-5)28(18-22)34-4/h7-11,15-18,24-25,31H,6,12-14,19H2,1-5H3/t24-,25-/m0/s1. The van der Waals surface area contributed by atoms with E-state index in [-0.39, 0.29) is 12.2 Å². The first kappa shape index (κ1) is 26.5. The monoisotopic (exact) mass is 507 g/mol. The molecule has 1 saturated heterocycles. The maximum absolute atomic E-state index is 6.57. The lowest BCUT2D eigenvalue weighted by Crippen LogP contribution is -2.08. The molecule has 1 fully saturated rings. The van der Waals surface area contributed by atoms with Gasteiger partial charge in [0.2, 0.25) is 5.75 Å². The molecule has 1 aliphatic rings. The van der Waals surface area contributed by atoms with Crippen molar-refractivity contribution >= 4 is 5.69 Å². The Kier molecular flexibility index (Phi) is 9.01. The Balaban J connectivity index is 1.60. The van der Waals surface area contributed by atoms with Crippen LogP contribution in [0.1, 0.15) is 55.1 Å². The number of hydrogen-bond donors (Lipinski definition) is 1. The van der Waals surface area contributed by atoms with E-state index in [2.05, 4.69) is 30.4 Å². The summed E-state index contributed by atoms with van der Waals surface area (Å²) in [5.74, 6) is 3.24. The molecule has 1 aliphatic heterocycles. The lowest BCUT2D eigenvalue weighted by atomic mass is 10.0. The maximum atomic E-state index is 6.57. The number of methoxy groups -OCH3 is 4. The van der Waals surface area contributed by atoms with E-state index in [1.807, 2.05) is 36.4 Å². The maximum Gasteiger partial charge on any atom is 0.203 e. The van der Waals surface area contributed by atoms with E-state index in [1.165, 1.54) is 5.56 Å². The third kappa shape index (κ3) is 6.05. The third-order valence-electron chi connectivity index (χ3n) is 6.52. The highest BCUT2D eigenvalue weighted by molar-refractivity contribution is 5.65. The van der Waals surface area contributed by atoms with Crippen molar-refractivity contribution in [1.29, 1.82) is 0 Å². The average molecular weight is 508 g/mol. The van der Waals surface area contributed by atoms with Gasteiger partial charge in [0.1, 0.15) is 0 Å². The van der Waals surface area contributed by atoms with Crippen molar-refractivity contribution in [3.05, 3.63) is 71.3 Å². The van der Waals surface area contributed by atoms with Crippen LogP contribution in [-0.2, 0) is 11.3 Å². The topological polar surface area (TPSA) is 67.4 Å². The largest absolute Gasteiger partial charge is 0.493 e. The van der Waals surface area contributed by atoms with Gasteiger partial charge in [-0.3, -0.25) is 0 Å². The van der Waals surface area contributed by atoms with Crippen molar-refractivity contribution in [1.82, 2.24) is 0 Å². The fourth-order valence-electron chi connectivity index (χ4n) is 4.65. The molecular weight excluding hydrogens is 470 g/mol. The van der Waals surface area contributed by atoms with E-state index in [0.29, 0.717) is 36.1 Å². The number of nitrogens with one attached hydrogen (secondary N) is 1. The predicted octanol–water partition coefficient (Wildman–Crippen LogP) is 6.71. The highest BCUT2D eigenvalue weighted by Crippen LogP contribution is 2.48. The van der Waals surface area contributed by atoms with Crippen molar-refractivity contribution in [3.63, 3.8) is 0 Å². The lowest BCUT2D eigenvalue weighted by Gasteiger charge is -2.21. The van der Waals surface area contributed by atoms with Gasteiger partial charge in [-0.05, 0) is 60.2 Å². The molecule has 7 heteroatoms. The Labute approximate surface area is 219 Å². The van der Waals surface area contributed by atoms with E-state index in [9.17, 15) is 0 Å². The molecule has 0 aromatic heterocycles. The summed E-state index contributed by atoms with van der Waals surface area (Å²) in [6, 6.07) is 18.4. The minimum Gasteiger partial charge on any atom is -0.493 e. The smallest absolute Gasteiger partial charge is 0.203 e. The first-order valence-electron chi connectivity index (χ1n) is 12.7. The summed E-state index contributed by atoms with van der Waals surface area (Å²) in [7, 11) is 6.52. The molecule has 3 aromatic rings. The summed E-state index contributed by atoms with van der Waals surface area (Å²) in [6.07, 6.45) is 2.46. The van der Waals surface area contributed by atoms with Crippen LogP contribution in [0.5, 0.6) is 28.7 Å². The second-order valence-corrected chi connectivity index (χ2v) is 8.94. The first-order valence-corrected chi connectivity index (χ1v) is 12.7. The van der Waals surface area contributed by atoms with Crippen LogP contribution in [0.3, 0.4) is 0 Å². The zero-order chi connectivity index (χ0) is 26.2. The molecule has 0 radical (unpaired) electrons.